The van der Waals surface area contributed by atoms with Gasteiger partial charge in [0.15, 0.2) is 0 Å². The summed E-state index contributed by atoms with van der Waals surface area (Å²) in [7, 11) is 0. The van der Waals surface area contributed by atoms with Crippen molar-refractivity contribution >= 4 is 22.9 Å². The largest absolute Gasteiger partial charge is 0.478 e. The van der Waals surface area contributed by atoms with E-state index in [1.807, 2.05) is 0 Å². The molecule has 0 bridgehead atoms. The summed E-state index contributed by atoms with van der Waals surface area (Å²) in [5.74, 6) is -3.04. The second-order valence-electron chi connectivity index (χ2n) is 5.47. The van der Waals surface area contributed by atoms with E-state index in [4.69, 9.17) is 5.11 Å². The molecule has 0 aliphatic heterocycles. The van der Waals surface area contributed by atoms with Gasteiger partial charge in [0.1, 0.15) is 6.33 Å². The van der Waals surface area contributed by atoms with Gasteiger partial charge in [-0.15, -0.1) is 0 Å². The number of fused-ring (bicyclic) bond motifs is 1. The van der Waals surface area contributed by atoms with Crippen LogP contribution in [0.5, 0.6) is 0 Å². The number of halogens is 3. The van der Waals surface area contributed by atoms with Gasteiger partial charge in [0.2, 0.25) is 0 Å². The van der Waals surface area contributed by atoms with E-state index < -0.39 is 18.1 Å². The third-order valence-electron chi connectivity index (χ3n) is 3.72. The summed E-state index contributed by atoms with van der Waals surface area (Å²) >= 11 is 0. The molecule has 3 aromatic rings. The van der Waals surface area contributed by atoms with Crippen molar-refractivity contribution in [1.82, 2.24) is 14.9 Å². The van der Waals surface area contributed by atoms with E-state index in [0.717, 1.165) is 0 Å². The number of aromatic nitrogens is 2. The number of nitrogens with zero attached hydrogens (tertiary/aromatic N) is 2. The summed E-state index contributed by atoms with van der Waals surface area (Å²) < 4.78 is 38.2. The first-order valence-corrected chi connectivity index (χ1v) is 7.40. The van der Waals surface area contributed by atoms with E-state index in [-0.39, 0.29) is 12.1 Å². The number of benzene rings is 2. The zero-order valence-corrected chi connectivity index (χ0v) is 13.1. The van der Waals surface area contributed by atoms with Gasteiger partial charge >= 0.3 is 18.1 Å². The molecule has 0 atom stereocenters. The van der Waals surface area contributed by atoms with Crippen LogP contribution in [0.15, 0.2) is 48.8 Å². The van der Waals surface area contributed by atoms with Gasteiger partial charge in [0.05, 0.1) is 16.6 Å². The number of hydrogen-bond donors (Lipinski definition) is 2. The molecule has 1 amide bonds. The quantitative estimate of drug-likeness (QED) is 0.747. The Bertz CT molecular complexity index is 978. The molecule has 1 heterocycles. The minimum Gasteiger partial charge on any atom is -0.478 e. The normalized spacial score (nSPS) is 11.5. The molecule has 0 unspecified atom stereocenters. The predicted octanol–water partition coefficient (Wildman–Crippen LogP) is 2.90. The maximum Gasteiger partial charge on any atom is 0.471 e. The zero-order chi connectivity index (χ0) is 18.9. The lowest BCUT2D eigenvalue weighted by atomic mass is 10.2. The summed E-state index contributed by atoms with van der Waals surface area (Å²) in [6.45, 7) is -0.245. The van der Waals surface area contributed by atoms with Gasteiger partial charge in [-0.2, -0.15) is 13.2 Å². The molecule has 2 aromatic carbocycles. The van der Waals surface area contributed by atoms with Crippen molar-refractivity contribution in [1.29, 1.82) is 0 Å². The number of carbonyl (C=O) groups excluding carboxylic acids is 1. The molecular formula is C17H12F3N3O3. The van der Waals surface area contributed by atoms with Crippen LogP contribution in [-0.4, -0.2) is 32.7 Å². The van der Waals surface area contributed by atoms with E-state index in [1.165, 1.54) is 18.5 Å². The van der Waals surface area contributed by atoms with Crippen LogP contribution in [0.3, 0.4) is 0 Å². The minimum absolute atomic E-state index is 0.124. The Morgan fingerprint density at radius 3 is 2.42 bits per heavy atom. The first kappa shape index (κ1) is 17.5. The standard InChI is InChI=1S/C17H12F3N3O3/c18-17(19,20)16(26)21-8-10-1-4-12(5-2-10)23-9-22-13-7-11(15(24)25)3-6-14(13)23/h1-7,9H,8H2,(H,21,26)(H,24,25). The lowest BCUT2D eigenvalue weighted by molar-refractivity contribution is -0.173. The van der Waals surface area contributed by atoms with Crippen molar-refractivity contribution < 1.29 is 27.9 Å². The Kier molecular flexibility index (Phi) is 4.37. The second kappa shape index (κ2) is 6.51. The SMILES string of the molecule is O=C(O)c1ccc2c(c1)ncn2-c1ccc(CNC(=O)C(F)(F)F)cc1. The number of carbonyl (C=O) groups is 2. The van der Waals surface area contributed by atoms with Crippen LogP contribution in [-0.2, 0) is 11.3 Å². The van der Waals surface area contributed by atoms with E-state index in [1.54, 1.807) is 40.2 Å². The Labute approximate surface area is 144 Å². The molecule has 0 aliphatic rings. The van der Waals surface area contributed by atoms with Crippen LogP contribution in [0.1, 0.15) is 15.9 Å². The van der Waals surface area contributed by atoms with Gasteiger partial charge in [0.25, 0.3) is 0 Å². The van der Waals surface area contributed by atoms with Gasteiger partial charge in [0, 0.05) is 12.2 Å². The molecule has 0 saturated heterocycles. The molecule has 6 nitrogen and oxygen atoms in total. The molecule has 0 aliphatic carbocycles. The second-order valence-corrected chi connectivity index (χ2v) is 5.47. The van der Waals surface area contributed by atoms with Gasteiger partial charge in [-0.3, -0.25) is 9.36 Å². The first-order valence-electron chi connectivity index (χ1n) is 7.40. The number of aromatic carboxylic acids is 1. The molecule has 0 fully saturated rings. The Morgan fingerprint density at radius 1 is 1.12 bits per heavy atom. The molecule has 134 valence electrons. The lowest BCUT2D eigenvalue weighted by Gasteiger charge is -2.09. The molecular weight excluding hydrogens is 351 g/mol. The Balaban J connectivity index is 1.79. The van der Waals surface area contributed by atoms with E-state index in [9.17, 15) is 22.8 Å². The molecule has 3 rings (SSSR count). The highest BCUT2D eigenvalue weighted by Gasteiger charge is 2.38. The minimum atomic E-state index is -4.91. The fraction of sp³-hybridized carbons (Fsp3) is 0.118. The Morgan fingerprint density at radius 2 is 1.81 bits per heavy atom. The smallest absolute Gasteiger partial charge is 0.471 e. The molecule has 0 radical (unpaired) electrons. The van der Waals surface area contributed by atoms with Gasteiger partial charge in [-0.25, -0.2) is 9.78 Å². The number of alkyl halides is 3. The fourth-order valence-electron chi connectivity index (χ4n) is 2.41. The van der Waals surface area contributed by atoms with Crippen molar-refractivity contribution in [3.8, 4) is 5.69 Å². The molecule has 9 heteroatoms. The van der Waals surface area contributed by atoms with Crippen LogP contribution in [0.2, 0.25) is 0 Å². The third-order valence-corrected chi connectivity index (χ3v) is 3.72. The van der Waals surface area contributed by atoms with Gasteiger partial charge in [-0.05, 0) is 35.9 Å². The number of imidazole rings is 1. The van der Waals surface area contributed by atoms with Crippen molar-refractivity contribution in [3.05, 3.63) is 59.9 Å². The molecule has 0 saturated carbocycles. The van der Waals surface area contributed by atoms with Crippen molar-refractivity contribution in [2.45, 2.75) is 12.7 Å². The summed E-state index contributed by atoms with van der Waals surface area (Å²) in [6, 6.07) is 11.1. The van der Waals surface area contributed by atoms with Gasteiger partial charge in [-0.1, -0.05) is 12.1 Å². The lowest BCUT2D eigenvalue weighted by Crippen LogP contribution is -2.36. The van der Waals surface area contributed by atoms with Crippen molar-refractivity contribution in [2.24, 2.45) is 0 Å². The maximum atomic E-state index is 12.2. The molecule has 1 aromatic heterocycles. The number of carboxylic acids is 1. The zero-order valence-electron chi connectivity index (χ0n) is 13.1. The fourth-order valence-corrected chi connectivity index (χ4v) is 2.41. The Hall–Kier alpha value is -3.36. The number of hydrogen-bond acceptors (Lipinski definition) is 3. The van der Waals surface area contributed by atoms with Crippen LogP contribution in [0, 0.1) is 0 Å². The van der Waals surface area contributed by atoms with Crippen molar-refractivity contribution in [2.75, 3.05) is 0 Å². The predicted molar refractivity (Wildman–Crippen MR) is 85.9 cm³/mol. The highest BCUT2D eigenvalue weighted by Crippen LogP contribution is 2.20. The van der Waals surface area contributed by atoms with Crippen LogP contribution < -0.4 is 5.32 Å². The van der Waals surface area contributed by atoms with Crippen LogP contribution >= 0.6 is 0 Å². The summed E-state index contributed by atoms with van der Waals surface area (Å²) in [5.41, 5.74) is 2.52. The van der Waals surface area contributed by atoms with Crippen LogP contribution in [0.25, 0.3) is 16.7 Å². The summed E-state index contributed by atoms with van der Waals surface area (Å²) in [5, 5.41) is 10.8. The molecule has 26 heavy (non-hydrogen) atoms. The van der Waals surface area contributed by atoms with Gasteiger partial charge < -0.3 is 10.4 Å². The molecule has 2 N–H and O–H groups in total. The highest BCUT2D eigenvalue weighted by molar-refractivity contribution is 5.92. The summed E-state index contributed by atoms with van der Waals surface area (Å²) in [4.78, 5) is 26.0. The first-order chi connectivity index (χ1) is 12.3. The average Bonchev–Trinajstić information content (AvgIpc) is 3.02. The van der Waals surface area contributed by atoms with Crippen LogP contribution in [0.4, 0.5) is 13.2 Å². The van der Waals surface area contributed by atoms with E-state index in [2.05, 4.69) is 4.98 Å². The number of rotatable bonds is 4. The maximum absolute atomic E-state index is 12.2. The number of nitrogens with one attached hydrogen (secondary N) is 1. The highest BCUT2D eigenvalue weighted by atomic mass is 19.4. The third kappa shape index (κ3) is 3.51. The topological polar surface area (TPSA) is 84.2 Å². The average molecular weight is 363 g/mol. The monoisotopic (exact) mass is 363 g/mol. The van der Waals surface area contributed by atoms with E-state index >= 15 is 0 Å². The number of amides is 1. The molecule has 0 spiro atoms. The van der Waals surface area contributed by atoms with Crippen molar-refractivity contribution in [3.63, 3.8) is 0 Å². The number of carboxylic acid groups (broad SMARTS) is 1. The summed E-state index contributed by atoms with van der Waals surface area (Å²) in [6.07, 6.45) is -3.39. The van der Waals surface area contributed by atoms with E-state index in [0.29, 0.717) is 22.3 Å².